The van der Waals surface area contributed by atoms with Gasteiger partial charge in [0, 0.05) is 31.9 Å². The SMILES string of the molecule is CC(CC(N)=S)N(C)C(=O)c1cncnc1. The van der Waals surface area contributed by atoms with E-state index in [0.29, 0.717) is 17.0 Å². The van der Waals surface area contributed by atoms with E-state index in [2.05, 4.69) is 9.97 Å². The lowest BCUT2D eigenvalue weighted by atomic mass is 10.2. The molecule has 6 heteroatoms. The second-order valence-electron chi connectivity index (χ2n) is 3.56. The van der Waals surface area contributed by atoms with E-state index in [1.54, 1.807) is 11.9 Å². The first-order chi connectivity index (χ1) is 7.52. The molecule has 0 aromatic carbocycles. The number of amides is 1. The molecule has 2 N–H and O–H groups in total. The molecule has 5 nitrogen and oxygen atoms in total. The van der Waals surface area contributed by atoms with Gasteiger partial charge in [0.25, 0.3) is 5.91 Å². The molecule has 1 atom stereocenters. The molecule has 1 heterocycles. The first-order valence-electron chi connectivity index (χ1n) is 4.83. The Morgan fingerprint density at radius 1 is 1.56 bits per heavy atom. The van der Waals surface area contributed by atoms with E-state index in [0.717, 1.165) is 0 Å². The minimum Gasteiger partial charge on any atom is -0.393 e. The van der Waals surface area contributed by atoms with E-state index in [9.17, 15) is 4.79 Å². The lowest BCUT2D eigenvalue weighted by Crippen LogP contribution is -2.37. The maximum Gasteiger partial charge on any atom is 0.256 e. The molecule has 0 aliphatic carbocycles. The van der Waals surface area contributed by atoms with Gasteiger partial charge in [0.15, 0.2) is 0 Å². The number of carbonyl (C=O) groups is 1. The molecule has 1 unspecified atom stereocenters. The number of carbonyl (C=O) groups excluding carboxylic acids is 1. The van der Waals surface area contributed by atoms with E-state index in [4.69, 9.17) is 18.0 Å². The Hall–Kier alpha value is -1.56. The smallest absolute Gasteiger partial charge is 0.256 e. The molecule has 0 bridgehead atoms. The molecule has 16 heavy (non-hydrogen) atoms. The highest BCUT2D eigenvalue weighted by molar-refractivity contribution is 7.80. The highest BCUT2D eigenvalue weighted by Crippen LogP contribution is 2.06. The van der Waals surface area contributed by atoms with Crippen LogP contribution in [0.4, 0.5) is 0 Å². The van der Waals surface area contributed by atoms with Crippen molar-refractivity contribution in [1.29, 1.82) is 0 Å². The van der Waals surface area contributed by atoms with Crippen molar-refractivity contribution >= 4 is 23.1 Å². The molecule has 0 aliphatic heterocycles. The average Bonchev–Trinajstić information content (AvgIpc) is 2.27. The number of hydrogen-bond acceptors (Lipinski definition) is 4. The zero-order valence-corrected chi connectivity index (χ0v) is 10.1. The zero-order valence-electron chi connectivity index (χ0n) is 9.25. The Morgan fingerprint density at radius 2 is 2.12 bits per heavy atom. The lowest BCUT2D eigenvalue weighted by Gasteiger charge is -2.24. The van der Waals surface area contributed by atoms with Crippen LogP contribution >= 0.6 is 12.2 Å². The third-order valence-corrected chi connectivity index (χ3v) is 2.45. The van der Waals surface area contributed by atoms with Gasteiger partial charge in [-0.25, -0.2) is 9.97 Å². The molecule has 86 valence electrons. The maximum absolute atomic E-state index is 11.9. The predicted octanol–water partition coefficient (Wildman–Crippen LogP) is 0.613. The molecule has 0 radical (unpaired) electrons. The van der Waals surface area contributed by atoms with Crippen LogP contribution in [0.2, 0.25) is 0 Å². The molecule has 0 aliphatic rings. The molecule has 1 aromatic heterocycles. The monoisotopic (exact) mass is 238 g/mol. The summed E-state index contributed by atoms with van der Waals surface area (Å²) in [5.74, 6) is -0.135. The number of nitrogens with zero attached hydrogens (tertiary/aromatic N) is 3. The highest BCUT2D eigenvalue weighted by atomic mass is 32.1. The number of hydrogen-bond donors (Lipinski definition) is 1. The van der Waals surface area contributed by atoms with Gasteiger partial charge in [-0.3, -0.25) is 4.79 Å². The molecule has 0 spiro atoms. The third kappa shape index (κ3) is 3.23. The predicted molar refractivity (Wildman–Crippen MR) is 65.0 cm³/mol. The summed E-state index contributed by atoms with van der Waals surface area (Å²) in [5.41, 5.74) is 5.90. The van der Waals surface area contributed by atoms with Gasteiger partial charge >= 0.3 is 0 Å². The topological polar surface area (TPSA) is 72.1 Å². The third-order valence-electron chi connectivity index (χ3n) is 2.29. The molecule has 0 saturated carbocycles. The Morgan fingerprint density at radius 3 is 2.62 bits per heavy atom. The number of nitrogens with two attached hydrogens (primary N) is 1. The van der Waals surface area contributed by atoms with Gasteiger partial charge in [-0.2, -0.15) is 0 Å². The van der Waals surface area contributed by atoms with Crippen LogP contribution in [-0.4, -0.2) is 38.9 Å². The van der Waals surface area contributed by atoms with Gasteiger partial charge in [-0.05, 0) is 6.92 Å². The summed E-state index contributed by atoms with van der Waals surface area (Å²) in [5, 5.41) is 0. The Bertz CT molecular complexity index is 382. The van der Waals surface area contributed by atoms with Crippen molar-refractivity contribution in [1.82, 2.24) is 14.9 Å². The quantitative estimate of drug-likeness (QED) is 0.778. The molecule has 1 amide bonds. The molecular formula is C10H14N4OS. The first kappa shape index (κ1) is 12.5. The summed E-state index contributed by atoms with van der Waals surface area (Å²) >= 11 is 4.81. The van der Waals surface area contributed by atoms with Gasteiger partial charge in [0.1, 0.15) is 6.33 Å². The fourth-order valence-electron chi connectivity index (χ4n) is 1.24. The summed E-state index contributed by atoms with van der Waals surface area (Å²) in [6, 6.07) is -0.0368. The maximum atomic E-state index is 11.9. The minimum atomic E-state index is -0.135. The van der Waals surface area contributed by atoms with Crippen molar-refractivity contribution in [3.05, 3.63) is 24.3 Å². The Kier molecular flexibility index (Phi) is 4.30. The number of rotatable bonds is 4. The second-order valence-corrected chi connectivity index (χ2v) is 4.09. The second kappa shape index (κ2) is 5.50. The van der Waals surface area contributed by atoms with Gasteiger partial charge in [0.2, 0.25) is 0 Å². The fourth-order valence-corrected chi connectivity index (χ4v) is 1.48. The van der Waals surface area contributed by atoms with Gasteiger partial charge in [-0.15, -0.1) is 0 Å². The fraction of sp³-hybridized carbons (Fsp3) is 0.400. The lowest BCUT2D eigenvalue weighted by molar-refractivity contribution is 0.0747. The average molecular weight is 238 g/mol. The van der Waals surface area contributed by atoms with Gasteiger partial charge in [-0.1, -0.05) is 12.2 Å². The number of thiocarbonyl (C=S) groups is 1. The Balaban J connectivity index is 2.71. The van der Waals surface area contributed by atoms with Crippen LogP contribution in [0.15, 0.2) is 18.7 Å². The van der Waals surface area contributed by atoms with Gasteiger partial charge in [0.05, 0.1) is 10.6 Å². The summed E-state index contributed by atoms with van der Waals surface area (Å²) in [4.78, 5) is 21.5. The summed E-state index contributed by atoms with van der Waals surface area (Å²) in [6.45, 7) is 1.89. The standard InChI is InChI=1S/C10H14N4OS/c1-7(3-9(11)16)14(2)10(15)8-4-12-6-13-5-8/h4-7H,3H2,1-2H3,(H2,11,16). The first-order valence-corrected chi connectivity index (χ1v) is 5.23. The van der Waals surface area contributed by atoms with Crippen LogP contribution in [0.25, 0.3) is 0 Å². The largest absolute Gasteiger partial charge is 0.393 e. The molecular weight excluding hydrogens is 224 g/mol. The van der Waals surface area contributed by atoms with E-state index in [-0.39, 0.29) is 11.9 Å². The van der Waals surface area contributed by atoms with Crippen LogP contribution in [0, 0.1) is 0 Å². The van der Waals surface area contributed by atoms with E-state index < -0.39 is 0 Å². The van der Waals surface area contributed by atoms with Crippen molar-refractivity contribution in [2.45, 2.75) is 19.4 Å². The molecule has 1 rings (SSSR count). The minimum absolute atomic E-state index is 0.0368. The van der Waals surface area contributed by atoms with Crippen LogP contribution < -0.4 is 5.73 Å². The van der Waals surface area contributed by atoms with E-state index in [1.165, 1.54) is 18.7 Å². The van der Waals surface area contributed by atoms with Crippen LogP contribution in [-0.2, 0) is 0 Å². The van der Waals surface area contributed by atoms with Crippen molar-refractivity contribution in [2.75, 3.05) is 7.05 Å². The molecule has 1 aromatic rings. The highest BCUT2D eigenvalue weighted by Gasteiger charge is 2.18. The van der Waals surface area contributed by atoms with Crippen molar-refractivity contribution < 1.29 is 4.79 Å². The summed E-state index contributed by atoms with van der Waals surface area (Å²) in [7, 11) is 1.71. The summed E-state index contributed by atoms with van der Waals surface area (Å²) < 4.78 is 0. The van der Waals surface area contributed by atoms with Crippen molar-refractivity contribution in [3.8, 4) is 0 Å². The van der Waals surface area contributed by atoms with Crippen molar-refractivity contribution in [2.24, 2.45) is 5.73 Å². The van der Waals surface area contributed by atoms with E-state index in [1.807, 2.05) is 6.92 Å². The number of aromatic nitrogens is 2. The normalized spacial score (nSPS) is 11.9. The van der Waals surface area contributed by atoms with Crippen LogP contribution in [0.5, 0.6) is 0 Å². The van der Waals surface area contributed by atoms with Crippen LogP contribution in [0.3, 0.4) is 0 Å². The van der Waals surface area contributed by atoms with Crippen molar-refractivity contribution in [3.63, 3.8) is 0 Å². The Labute approximate surface area is 99.7 Å². The zero-order chi connectivity index (χ0) is 12.1. The van der Waals surface area contributed by atoms with Gasteiger partial charge < -0.3 is 10.6 Å². The summed E-state index contributed by atoms with van der Waals surface area (Å²) in [6.07, 6.45) is 4.86. The molecule has 0 saturated heterocycles. The van der Waals surface area contributed by atoms with E-state index >= 15 is 0 Å². The van der Waals surface area contributed by atoms with Crippen LogP contribution in [0.1, 0.15) is 23.7 Å². The molecule has 0 fully saturated rings.